The lowest BCUT2D eigenvalue weighted by molar-refractivity contribution is -0.141. The number of unbranched alkanes of at least 4 members (excludes halogenated alkanes) is 2. The molecule has 2 aliphatic carbocycles. The highest BCUT2D eigenvalue weighted by atomic mass is 79.9. The Labute approximate surface area is 335 Å². The number of phenols is 1. The smallest absolute Gasteiger partial charge is 0.303 e. The highest BCUT2D eigenvalue weighted by Gasteiger charge is 2.70. The summed E-state index contributed by atoms with van der Waals surface area (Å²) in [7, 11) is 2.93. The van der Waals surface area contributed by atoms with E-state index >= 15 is 4.79 Å². The monoisotopic (exact) mass is 853 g/mol. The number of fused-ring (bicyclic) bond motifs is 4. The first kappa shape index (κ1) is 38.7. The molecule has 55 heavy (non-hydrogen) atoms. The molecule has 288 valence electrons. The number of carbonyl (C=O) groups excluding carboxylic acids is 4. The maximum Gasteiger partial charge on any atom is 0.303 e. The lowest BCUT2D eigenvalue weighted by atomic mass is 9.49. The minimum Gasteiger partial charge on any atom is -0.504 e. The molecule has 0 bridgehead atoms. The maximum atomic E-state index is 15.5. The molecule has 0 aromatic heterocycles. The van der Waals surface area contributed by atoms with E-state index in [1.54, 1.807) is 48.5 Å². The van der Waals surface area contributed by atoms with Crippen molar-refractivity contribution in [1.82, 2.24) is 9.91 Å². The lowest BCUT2D eigenvalue weighted by Gasteiger charge is -2.50. The van der Waals surface area contributed by atoms with Crippen LogP contribution in [0.2, 0.25) is 10.0 Å². The molecule has 15 heteroatoms. The standard InChI is InChI=1S/C40H38BrCl2N3O9/c1-54-23-10-7-20(8-11-23)40-28(37(51)46(39(40)53)44-30-14-9-22(42)18-29(30)43)19-26-24(34(40)27-16-21(41)17-31(55-2)35(27)49)12-13-25-33(26)38(52)45(36(25)50)15-5-3-4-6-32(47)48/h7-12,14,16-18,25-26,28,33-34,44,49H,3-6,13,15,19H2,1-2H3,(H,47,48). The Hall–Kier alpha value is -4.59. The number of carboxylic acid groups (broad SMARTS) is 1. The van der Waals surface area contributed by atoms with Crippen molar-refractivity contribution in [3.63, 3.8) is 0 Å². The fourth-order valence-corrected chi connectivity index (χ4v) is 10.1. The van der Waals surface area contributed by atoms with Crippen LogP contribution in [0.5, 0.6) is 17.2 Å². The fraction of sp³-hybridized carbons (Fsp3) is 0.375. The fourth-order valence-electron chi connectivity index (χ4n) is 9.17. The van der Waals surface area contributed by atoms with Crippen LogP contribution in [0, 0.1) is 23.7 Å². The third-order valence-corrected chi connectivity index (χ3v) is 12.5. The number of anilines is 1. The molecule has 2 aliphatic heterocycles. The summed E-state index contributed by atoms with van der Waals surface area (Å²) in [5.41, 5.74) is 2.96. The number of hydrogen-bond donors (Lipinski definition) is 3. The number of ether oxygens (including phenoxy) is 2. The number of amides is 4. The van der Waals surface area contributed by atoms with E-state index in [9.17, 15) is 24.3 Å². The highest BCUT2D eigenvalue weighted by molar-refractivity contribution is 9.10. The second-order valence-corrected chi connectivity index (χ2v) is 16.0. The number of aliphatic carboxylic acids is 1. The van der Waals surface area contributed by atoms with Crippen LogP contribution in [0.3, 0.4) is 0 Å². The average Bonchev–Trinajstić information content (AvgIpc) is 3.53. The number of phenolic OH excluding ortho intramolecular Hbond substituents is 1. The molecule has 6 atom stereocenters. The molecule has 2 heterocycles. The van der Waals surface area contributed by atoms with Crippen molar-refractivity contribution in [2.75, 3.05) is 26.2 Å². The number of likely N-dealkylation sites (tertiary alicyclic amines) is 1. The third-order valence-electron chi connectivity index (χ3n) is 11.5. The van der Waals surface area contributed by atoms with Crippen LogP contribution in [0.4, 0.5) is 5.69 Å². The van der Waals surface area contributed by atoms with Crippen LogP contribution in [-0.4, -0.2) is 70.5 Å². The molecule has 12 nitrogen and oxygen atoms in total. The first-order chi connectivity index (χ1) is 26.3. The van der Waals surface area contributed by atoms with Gasteiger partial charge in [-0.3, -0.25) is 34.3 Å². The number of nitrogens with zero attached hydrogens (tertiary/aromatic N) is 2. The number of benzene rings is 3. The summed E-state index contributed by atoms with van der Waals surface area (Å²) in [5.74, 6) is -6.64. The van der Waals surface area contributed by atoms with Gasteiger partial charge in [-0.25, -0.2) is 0 Å². The first-order valence-corrected chi connectivity index (χ1v) is 19.5. The molecule has 4 aliphatic rings. The Morgan fingerprint density at radius 2 is 1.69 bits per heavy atom. The van der Waals surface area contributed by atoms with E-state index in [2.05, 4.69) is 21.4 Å². The normalized spacial score (nSPS) is 25.7. The number of methoxy groups -OCH3 is 2. The van der Waals surface area contributed by atoms with Gasteiger partial charge in [0.05, 0.1) is 48.1 Å². The number of allylic oxidation sites excluding steroid dienone is 2. The van der Waals surface area contributed by atoms with Crippen LogP contribution in [0.15, 0.2) is 70.7 Å². The van der Waals surface area contributed by atoms with Gasteiger partial charge in [-0.15, -0.1) is 0 Å². The number of hydrazine groups is 1. The molecule has 3 aromatic carbocycles. The summed E-state index contributed by atoms with van der Waals surface area (Å²) >= 11 is 16.3. The Bertz CT molecular complexity index is 2130. The number of imide groups is 2. The topological polar surface area (TPSA) is 163 Å². The van der Waals surface area contributed by atoms with Crippen molar-refractivity contribution in [1.29, 1.82) is 0 Å². The number of carbonyl (C=O) groups is 5. The Morgan fingerprint density at radius 1 is 0.945 bits per heavy atom. The van der Waals surface area contributed by atoms with E-state index in [-0.39, 0.29) is 59.8 Å². The summed E-state index contributed by atoms with van der Waals surface area (Å²) in [6, 6.07) is 14.8. The SMILES string of the molecule is COc1ccc(C23C(=O)N(Nc4ccc(Cl)cc4Cl)C(=O)C2CC2C(=CCC4C(=O)N(CCCCCC(=O)O)C(=O)C42)C3c2cc(Br)cc(OC)c2O)cc1. The number of nitrogens with one attached hydrogen (secondary N) is 1. The van der Waals surface area contributed by atoms with Crippen molar-refractivity contribution in [2.24, 2.45) is 23.7 Å². The highest BCUT2D eigenvalue weighted by Crippen LogP contribution is 2.65. The maximum absolute atomic E-state index is 15.5. The Kier molecular flexibility index (Phi) is 10.7. The van der Waals surface area contributed by atoms with Crippen molar-refractivity contribution >= 4 is 74.4 Å². The van der Waals surface area contributed by atoms with Gasteiger partial charge in [0, 0.05) is 33.9 Å². The zero-order valence-corrected chi connectivity index (χ0v) is 33.0. The molecular weight excluding hydrogens is 817 g/mol. The van der Waals surface area contributed by atoms with E-state index in [4.69, 9.17) is 37.8 Å². The second-order valence-electron chi connectivity index (χ2n) is 14.3. The van der Waals surface area contributed by atoms with E-state index in [0.717, 1.165) is 5.01 Å². The summed E-state index contributed by atoms with van der Waals surface area (Å²) < 4.78 is 11.6. The molecule has 3 fully saturated rings. The van der Waals surface area contributed by atoms with Crippen LogP contribution in [-0.2, 0) is 29.4 Å². The molecule has 3 aromatic rings. The van der Waals surface area contributed by atoms with E-state index in [1.807, 2.05) is 6.08 Å². The van der Waals surface area contributed by atoms with E-state index in [0.29, 0.717) is 51.2 Å². The van der Waals surface area contributed by atoms with Gasteiger partial charge in [0.1, 0.15) is 5.75 Å². The molecule has 4 amide bonds. The van der Waals surface area contributed by atoms with Crippen LogP contribution in [0.1, 0.15) is 55.6 Å². The molecule has 7 rings (SSSR count). The molecule has 0 spiro atoms. The molecule has 2 saturated heterocycles. The predicted octanol–water partition coefficient (Wildman–Crippen LogP) is 7.11. The Morgan fingerprint density at radius 3 is 2.36 bits per heavy atom. The zero-order chi connectivity index (χ0) is 39.3. The third kappa shape index (κ3) is 6.43. The predicted molar refractivity (Wildman–Crippen MR) is 206 cm³/mol. The number of rotatable bonds is 12. The van der Waals surface area contributed by atoms with Gasteiger partial charge in [-0.05, 0) is 79.6 Å². The van der Waals surface area contributed by atoms with E-state index < -0.39 is 52.8 Å². The Balaban J connectivity index is 1.40. The van der Waals surface area contributed by atoms with E-state index in [1.165, 1.54) is 25.2 Å². The number of carboxylic acids is 1. The number of aromatic hydroxyl groups is 1. The van der Waals surface area contributed by atoms with Crippen LogP contribution >= 0.6 is 39.1 Å². The summed E-state index contributed by atoms with van der Waals surface area (Å²) in [4.78, 5) is 70.9. The second kappa shape index (κ2) is 15.2. The quantitative estimate of drug-likeness (QED) is 0.0973. The average molecular weight is 856 g/mol. The molecule has 6 unspecified atom stereocenters. The van der Waals surface area contributed by atoms with Crippen molar-refractivity contribution in [3.8, 4) is 17.2 Å². The van der Waals surface area contributed by atoms with Crippen LogP contribution in [0.25, 0.3) is 0 Å². The first-order valence-electron chi connectivity index (χ1n) is 17.9. The largest absolute Gasteiger partial charge is 0.504 e. The van der Waals surface area contributed by atoms with Gasteiger partial charge in [-0.1, -0.05) is 69.3 Å². The molecule has 1 saturated carbocycles. The minimum atomic E-state index is -1.68. The molecular formula is C40H38BrCl2N3O9. The summed E-state index contributed by atoms with van der Waals surface area (Å²) in [5, 5.41) is 22.4. The van der Waals surface area contributed by atoms with Gasteiger partial charge >= 0.3 is 5.97 Å². The van der Waals surface area contributed by atoms with Gasteiger partial charge < -0.3 is 19.7 Å². The molecule has 0 radical (unpaired) electrons. The van der Waals surface area contributed by atoms with Crippen molar-refractivity contribution < 1.29 is 43.7 Å². The van der Waals surface area contributed by atoms with Crippen molar-refractivity contribution in [3.05, 3.63) is 91.9 Å². The van der Waals surface area contributed by atoms with Crippen LogP contribution < -0.4 is 14.9 Å². The number of hydrogen-bond acceptors (Lipinski definition) is 9. The number of halogens is 3. The van der Waals surface area contributed by atoms with Crippen molar-refractivity contribution in [2.45, 2.75) is 49.9 Å². The van der Waals surface area contributed by atoms with Gasteiger partial charge in [-0.2, -0.15) is 5.01 Å². The minimum absolute atomic E-state index is 0.00268. The van der Waals surface area contributed by atoms with Gasteiger partial charge in [0.2, 0.25) is 11.8 Å². The summed E-state index contributed by atoms with van der Waals surface area (Å²) in [6.07, 6.45) is 3.55. The summed E-state index contributed by atoms with van der Waals surface area (Å²) in [6.45, 7) is 0.148. The molecule has 3 N–H and O–H groups in total. The zero-order valence-electron chi connectivity index (χ0n) is 29.9. The van der Waals surface area contributed by atoms with Gasteiger partial charge in [0.25, 0.3) is 11.8 Å². The van der Waals surface area contributed by atoms with Gasteiger partial charge in [0.15, 0.2) is 11.5 Å². The lowest BCUT2D eigenvalue weighted by Crippen LogP contribution is -2.53.